The molecule has 1 aliphatic rings. The topological polar surface area (TPSA) is 43.7 Å². The highest BCUT2D eigenvalue weighted by Gasteiger charge is 2.30. The lowest BCUT2D eigenvalue weighted by Gasteiger charge is -2.37. The largest absolute Gasteiger partial charge is 0.393 e. The first kappa shape index (κ1) is 13.9. The van der Waals surface area contributed by atoms with Crippen molar-refractivity contribution in [2.24, 2.45) is 0 Å². The van der Waals surface area contributed by atoms with Gasteiger partial charge < -0.3 is 15.1 Å². The molecule has 0 unspecified atom stereocenters. The summed E-state index contributed by atoms with van der Waals surface area (Å²) >= 11 is 0. The van der Waals surface area contributed by atoms with E-state index in [1.165, 1.54) is 32.1 Å². The van der Waals surface area contributed by atoms with E-state index in [0.717, 1.165) is 32.5 Å². The minimum Gasteiger partial charge on any atom is -0.393 e. The highest BCUT2D eigenvalue weighted by molar-refractivity contribution is 4.84. The SMILES string of the molecule is CCCCCCCN1CCC(O)(CO)CC1. The molecule has 1 fully saturated rings. The van der Waals surface area contributed by atoms with Crippen LogP contribution in [-0.2, 0) is 0 Å². The first-order valence-electron chi connectivity index (χ1n) is 6.76. The van der Waals surface area contributed by atoms with E-state index in [0.29, 0.717) is 0 Å². The highest BCUT2D eigenvalue weighted by Crippen LogP contribution is 2.21. The van der Waals surface area contributed by atoms with E-state index in [9.17, 15) is 5.11 Å². The normalized spacial score (nSPS) is 21.2. The predicted molar refractivity (Wildman–Crippen MR) is 66.5 cm³/mol. The van der Waals surface area contributed by atoms with E-state index in [1.807, 2.05) is 0 Å². The second kappa shape index (κ2) is 7.25. The fourth-order valence-electron chi connectivity index (χ4n) is 2.29. The third kappa shape index (κ3) is 4.81. The number of piperidine rings is 1. The van der Waals surface area contributed by atoms with Crippen molar-refractivity contribution in [3.8, 4) is 0 Å². The molecular formula is C13H27NO2. The van der Waals surface area contributed by atoms with Crippen LogP contribution in [0.1, 0.15) is 51.9 Å². The summed E-state index contributed by atoms with van der Waals surface area (Å²) in [4.78, 5) is 2.41. The molecule has 0 bridgehead atoms. The number of hydrogen-bond acceptors (Lipinski definition) is 3. The summed E-state index contributed by atoms with van der Waals surface area (Å²) in [7, 11) is 0. The zero-order valence-corrected chi connectivity index (χ0v) is 10.6. The third-order valence-electron chi connectivity index (χ3n) is 3.66. The van der Waals surface area contributed by atoms with Gasteiger partial charge in [-0.15, -0.1) is 0 Å². The molecule has 16 heavy (non-hydrogen) atoms. The Morgan fingerprint density at radius 1 is 1.06 bits per heavy atom. The molecule has 0 radical (unpaired) electrons. The Morgan fingerprint density at radius 3 is 2.25 bits per heavy atom. The molecule has 3 heteroatoms. The van der Waals surface area contributed by atoms with Crippen molar-refractivity contribution in [1.29, 1.82) is 0 Å². The molecule has 96 valence electrons. The summed E-state index contributed by atoms with van der Waals surface area (Å²) < 4.78 is 0. The third-order valence-corrected chi connectivity index (χ3v) is 3.66. The summed E-state index contributed by atoms with van der Waals surface area (Å²) in [6, 6.07) is 0. The molecule has 0 spiro atoms. The molecule has 2 N–H and O–H groups in total. The second-order valence-electron chi connectivity index (χ2n) is 5.14. The Balaban J connectivity index is 2.04. The molecule has 0 atom stereocenters. The quantitative estimate of drug-likeness (QED) is 0.654. The van der Waals surface area contributed by atoms with Crippen LogP contribution >= 0.6 is 0 Å². The van der Waals surface area contributed by atoms with E-state index >= 15 is 0 Å². The molecule has 3 nitrogen and oxygen atoms in total. The Labute approximate surface area is 99.5 Å². The Hall–Kier alpha value is -0.120. The van der Waals surface area contributed by atoms with Crippen LogP contribution in [-0.4, -0.2) is 47.0 Å². The van der Waals surface area contributed by atoms with Gasteiger partial charge in [-0.2, -0.15) is 0 Å². The van der Waals surface area contributed by atoms with Gasteiger partial charge in [-0.25, -0.2) is 0 Å². The first-order chi connectivity index (χ1) is 7.70. The van der Waals surface area contributed by atoms with Crippen molar-refractivity contribution in [2.45, 2.75) is 57.5 Å². The van der Waals surface area contributed by atoms with Gasteiger partial charge in [-0.3, -0.25) is 0 Å². The molecule has 0 saturated carbocycles. The van der Waals surface area contributed by atoms with Gasteiger partial charge in [0.2, 0.25) is 0 Å². The lowest BCUT2D eigenvalue weighted by molar-refractivity contribution is -0.0594. The summed E-state index contributed by atoms with van der Waals surface area (Å²) in [5.74, 6) is 0. The van der Waals surface area contributed by atoms with Crippen LogP contribution in [0.5, 0.6) is 0 Å². The maximum absolute atomic E-state index is 9.86. The zero-order chi connectivity index (χ0) is 11.9. The van der Waals surface area contributed by atoms with Gasteiger partial charge in [0.15, 0.2) is 0 Å². The van der Waals surface area contributed by atoms with Crippen molar-refractivity contribution in [3.63, 3.8) is 0 Å². The number of unbranched alkanes of at least 4 members (excludes halogenated alkanes) is 4. The second-order valence-corrected chi connectivity index (χ2v) is 5.14. The molecule has 0 aromatic carbocycles. The average molecular weight is 229 g/mol. The summed E-state index contributed by atoms with van der Waals surface area (Å²) in [5.41, 5.74) is -0.793. The smallest absolute Gasteiger partial charge is 0.0901 e. The van der Waals surface area contributed by atoms with Gasteiger partial charge >= 0.3 is 0 Å². The number of hydrogen-bond donors (Lipinski definition) is 2. The van der Waals surface area contributed by atoms with Gasteiger partial charge in [0.05, 0.1) is 12.2 Å². The van der Waals surface area contributed by atoms with Gasteiger partial charge in [0.1, 0.15) is 0 Å². The van der Waals surface area contributed by atoms with Crippen LogP contribution in [0.4, 0.5) is 0 Å². The van der Waals surface area contributed by atoms with Crippen molar-refractivity contribution < 1.29 is 10.2 Å². The van der Waals surface area contributed by atoms with E-state index in [-0.39, 0.29) is 6.61 Å². The van der Waals surface area contributed by atoms with E-state index in [4.69, 9.17) is 5.11 Å². The predicted octanol–water partition coefficient (Wildman–Crippen LogP) is 1.78. The first-order valence-corrected chi connectivity index (χ1v) is 6.76. The van der Waals surface area contributed by atoms with Crippen LogP contribution in [0.3, 0.4) is 0 Å². The number of nitrogens with zero attached hydrogens (tertiary/aromatic N) is 1. The number of rotatable bonds is 7. The zero-order valence-electron chi connectivity index (χ0n) is 10.6. The fraction of sp³-hybridized carbons (Fsp3) is 1.00. The molecule has 1 saturated heterocycles. The highest BCUT2D eigenvalue weighted by atomic mass is 16.3. The Morgan fingerprint density at radius 2 is 1.69 bits per heavy atom. The van der Waals surface area contributed by atoms with Gasteiger partial charge in [0.25, 0.3) is 0 Å². The van der Waals surface area contributed by atoms with Crippen molar-refractivity contribution in [1.82, 2.24) is 4.90 Å². The number of aliphatic hydroxyl groups excluding tert-OH is 1. The number of aliphatic hydroxyl groups is 2. The summed E-state index contributed by atoms with van der Waals surface area (Å²) in [5, 5.41) is 18.9. The lowest BCUT2D eigenvalue weighted by atomic mass is 9.92. The number of likely N-dealkylation sites (tertiary alicyclic amines) is 1. The minimum atomic E-state index is -0.793. The van der Waals surface area contributed by atoms with Crippen LogP contribution in [0, 0.1) is 0 Å². The maximum atomic E-state index is 9.86. The van der Waals surface area contributed by atoms with Crippen LogP contribution in [0.2, 0.25) is 0 Å². The molecule has 0 aliphatic carbocycles. The van der Waals surface area contributed by atoms with E-state index in [1.54, 1.807) is 0 Å². The Kier molecular flexibility index (Phi) is 6.32. The maximum Gasteiger partial charge on any atom is 0.0901 e. The van der Waals surface area contributed by atoms with Gasteiger partial charge in [-0.1, -0.05) is 32.6 Å². The molecule has 0 aromatic rings. The molecule has 0 aromatic heterocycles. The van der Waals surface area contributed by atoms with Crippen molar-refractivity contribution >= 4 is 0 Å². The van der Waals surface area contributed by atoms with Gasteiger partial charge in [-0.05, 0) is 25.8 Å². The van der Waals surface area contributed by atoms with Crippen molar-refractivity contribution in [2.75, 3.05) is 26.2 Å². The van der Waals surface area contributed by atoms with E-state index in [2.05, 4.69) is 11.8 Å². The van der Waals surface area contributed by atoms with Gasteiger partial charge in [0, 0.05) is 13.1 Å². The van der Waals surface area contributed by atoms with E-state index < -0.39 is 5.60 Å². The summed E-state index contributed by atoms with van der Waals surface area (Å²) in [6.07, 6.45) is 8.05. The fourth-order valence-corrected chi connectivity index (χ4v) is 2.29. The standard InChI is InChI=1S/C13H27NO2/c1-2-3-4-5-6-9-14-10-7-13(16,12-15)8-11-14/h15-16H,2-12H2,1H3. The monoisotopic (exact) mass is 229 g/mol. The summed E-state index contributed by atoms with van der Waals surface area (Å²) in [6.45, 7) is 5.18. The molecule has 1 rings (SSSR count). The van der Waals surface area contributed by atoms with Crippen LogP contribution < -0.4 is 0 Å². The van der Waals surface area contributed by atoms with Crippen molar-refractivity contribution in [3.05, 3.63) is 0 Å². The molecular weight excluding hydrogens is 202 g/mol. The lowest BCUT2D eigenvalue weighted by Crippen LogP contribution is -2.46. The molecule has 0 amide bonds. The minimum absolute atomic E-state index is 0.0860. The van der Waals surface area contributed by atoms with Crippen LogP contribution in [0.15, 0.2) is 0 Å². The average Bonchev–Trinajstić information content (AvgIpc) is 2.31. The molecule has 1 heterocycles. The Bertz CT molecular complexity index is 177. The molecule has 1 aliphatic heterocycles. The van der Waals surface area contributed by atoms with Crippen LogP contribution in [0.25, 0.3) is 0 Å².